The van der Waals surface area contributed by atoms with Crippen LogP contribution in [0.2, 0.25) is 0 Å². The molecule has 0 saturated carbocycles. The van der Waals surface area contributed by atoms with Crippen molar-refractivity contribution in [3.8, 4) is 0 Å². The van der Waals surface area contributed by atoms with Crippen molar-refractivity contribution in [2.45, 2.75) is 0 Å². The molecule has 0 spiro atoms. The third-order valence-corrected chi connectivity index (χ3v) is 0.667. The second-order valence-electron chi connectivity index (χ2n) is 1.15. The van der Waals surface area contributed by atoms with Crippen molar-refractivity contribution in [3.63, 3.8) is 0 Å². The summed E-state index contributed by atoms with van der Waals surface area (Å²) in [6.45, 7) is 0. The fraction of sp³-hybridized carbons (Fsp3) is 0. The molecule has 6 N–H and O–H groups in total. The molecule has 0 fully saturated rings. The smallest absolute Gasteiger partial charge is 1.00 e. The molecule has 1 aromatic carbocycles. The van der Waals surface area contributed by atoms with Crippen molar-refractivity contribution in [2.24, 2.45) is 0 Å². The first-order valence-corrected chi connectivity index (χ1v) is 2.00. The minimum atomic E-state index is 0. The summed E-state index contributed by atoms with van der Waals surface area (Å²) >= 11 is 0. The summed E-state index contributed by atoms with van der Waals surface area (Å²) in [5, 5.41) is 0. The van der Waals surface area contributed by atoms with E-state index in [0.717, 1.165) is 0 Å². The van der Waals surface area contributed by atoms with Crippen molar-refractivity contribution in [1.82, 2.24) is 12.3 Å². The predicted octanol–water partition coefficient (Wildman–Crippen LogP) is -0.873. The van der Waals surface area contributed by atoms with E-state index in [4.69, 9.17) is 0 Å². The van der Waals surface area contributed by atoms with Gasteiger partial charge in [0.15, 0.2) is 0 Å². The van der Waals surface area contributed by atoms with Crippen molar-refractivity contribution in [1.29, 1.82) is 0 Å². The Labute approximate surface area is 100 Å². The first kappa shape index (κ1) is 16.4. The van der Waals surface area contributed by atoms with Crippen LogP contribution in [-0.2, 0) is 0 Å². The molecule has 1 aromatic rings. The molecule has 0 heterocycles. The molecular formula is C6H13KN2. The summed E-state index contributed by atoms with van der Waals surface area (Å²) in [4.78, 5) is 0. The minimum absolute atomic E-state index is 0. The zero-order chi connectivity index (χ0) is 4.24. The Morgan fingerprint density at radius 2 is 0.667 bits per heavy atom. The van der Waals surface area contributed by atoms with Gasteiger partial charge in [-0.05, 0) is 0 Å². The van der Waals surface area contributed by atoms with Crippen LogP contribution in [0.4, 0.5) is 0 Å². The van der Waals surface area contributed by atoms with Gasteiger partial charge >= 0.3 is 51.4 Å². The summed E-state index contributed by atoms with van der Waals surface area (Å²) in [7, 11) is 0. The van der Waals surface area contributed by atoms with Gasteiger partial charge in [0.1, 0.15) is 0 Å². The maximum Gasteiger partial charge on any atom is 1.00 e. The molecule has 3 heteroatoms. The fourth-order valence-electron chi connectivity index (χ4n) is 0.385. The topological polar surface area (TPSA) is 70.0 Å². The molecule has 1 rings (SSSR count). The van der Waals surface area contributed by atoms with E-state index >= 15 is 0 Å². The second kappa shape index (κ2) is 11.6. The summed E-state index contributed by atoms with van der Waals surface area (Å²) in [5.74, 6) is 0. The van der Waals surface area contributed by atoms with E-state index in [0.29, 0.717) is 0 Å². The van der Waals surface area contributed by atoms with E-state index in [1.807, 2.05) is 36.4 Å². The van der Waals surface area contributed by atoms with Crippen LogP contribution in [-0.4, -0.2) is 0 Å². The molecule has 0 aliphatic rings. The molecule has 0 radical (unpaired) electrons. The summed E-state index contributed by atoms with van der Waals surface area (Å²) in [6, 6.07) is 12.0. The van der Waals surface area contributed by atoms with Crippen molar-refractivity contribution < 1.29 is 52.8 Å². The van der Waals surface area contributed by atoms with Gasteiger partial charge in [0.2, 0.25) is 0 Å². The Morgan fingerprint density at radius 3 is 0.778 bits per heavy atom. The van der Waals surface area contributed by atoms with Crippen LogP contribution in [0.3, 0.4) is 0 Å². The summed E-state index contributed by atoms with van der Waals surface area (Å²) < 4.78 is 0. The zero-order valence-corrected chi connectivity index (χ0v) is 9.00. The third kappa shape index (κ3) is 8.78. The van der Waals surface area contributed by atoms with Crippen LogP contribution >= 0.6 is 0 Å². The molecule has 0 unspecified atom stereocenters. The average Bonchev–Trinajstić information content (AvgIpc) is 1.72. The summed E-state index contributed by atoms with van der Waals surface area (Å²) in [6.07, 6.45) is 0. The van der Waals surface area contributed by atoms with Gasteiger partial charge in [0, 0.05) is 0 Å². The minimum Gasteiger partial charge on any atom is -1.00 e. The van der Waals surface area contributed by atoms with Crippen molar-refractivity contribution in [2.75, 3.05) is 0 Å². The SMILES string of the molecule is N.N.[H-].[K+].c1ccccc1. The number of hydrogen-bond acceptors (Lipinski definition) is 2. The molecular weight excluding hydrogens is 139 g/mol. The van der Waals surface area contributed by atoms with Gasteiger partial charge in [-0.15, -0.1) is 0 Å². The molecule has 0 bridgehead atoms. The number of benzene rings is 1. The first-order valence-electron chi connectivity index (χ1n) is 2.00. The van der Waals surface area contributed by atoms with Crippen LogP contribution < -0.4 is 63.7 Å². The Bertz CT molecular complexity index is 87.7. The van der Waals surface area contributed by atoms with E-state index < -0.39 is 0 Å². The van der Waals surface area contributed by atoms with Crippen molar-refractivity contribution in [3.05, 3.63) is 36.4 Å². The Kier molecular flexibility index (Phi) is 21.1. The van der Waals surface area contributed by atoms with Crippen LogP contribution in [0.25, 0.3) is 0 Å². The van der Waals surface area contributed by atoms with E-state index in [9.17, 15) is 0 Å². The quantitative estimate of drug-likeness (QED) is 0.474. The van der Waals surface area contributed by atoms with Crippen LogP contribution in [0, 0.1) is 0 Å². The van der Waals surface area contributed by atoms with Gasteiger partial charge in [0.25, 0.3) is 0 Å². The molecule has 9 heavy (non-hydrogen) atoms. The third-order valence-electron chi connectivity index (χ3n) is 0.667. The van der Waals surface area contributed by atoms with Crippen molar-refractivity contribution >= 4 is 0 Å². The van der Waals surface area contributed by atoms with E-state index in [2.05, 4.69) is 0 Å². The van der Waals surface area contributed by atoms with Gasteiger partial charge in [-0.25, -0.2) is 0 Å². The predicted molar refractivity (Wildman–Crippen MR) is 37.6 cm³/mol. The second-order valence-corrected chi connectivity index (χ2v) is 1.15. The largest absolute Gasteiger partial charge is 1.00 e. The first-order chi connectivity index (χ1) is 3.00. The molecule has 0 aliphatic carbocycles. The van der Waals surface area contributed by atoms with E-state index in [1.165, 1.54) is 0 Å². The Balaban J connectivity index is -0.0000000450. The van der Waals surface area contributed by atoms with Crippen LogP contribution in [0.15, 0.2) is 36.4 Å². The normalized spacial score (nSPS) is 5.33. The van der Waals surface area contributed by atoms with E-state index in [1.54, 1.807) is 0 Å². The van der Waals surface area contributed by atoms with Gasteiger partial charge < -0.3 is 13.7 Å². The van der Waals surface area contributed by atoms with Crippen LogP contribution in [0.5, 0.6) is 0 Å². The number of hydrogen-bond donors (Lipinski definition) is 2. The Hall–Kier alpha value is 0.776. The molecule has 2 nitrogen and oxygen atoms in total. The number of rotatable bonds is 0. The molecule has 0 amide bonds. The average molecular weight is 152 g/mol. The molecule has 0 aliphatic heterocycles. The van der Waals surface area contributed by atoms with Gasteiger partial charge in [-0.3, -0.25) is 0 Å². The van der Waals surface area contributed by atoms with Gasteiger partial charge in [-0.2, -0.15) is 0 Å². The van der Waals surface area contributed by atoms with Crippen LogP contribution in [0.1, 0.15) is 1.43 Å². The standard InChI is InChI=1S/C6H6.K.2H3N.H/c1-2-4-6-5-3-1;;;;/h1-6H;;2*1H3;/q;+1;;;-1. The maximum atomic E-state index is 2.00. The maximum absolute atomic E-state index is 2.00. The molecule has 48 valence electrons. The van der Waals surface area contributed by atoms with E-state index in [-0.39, 0.29) is 65.1 Å². The fourth-order valence-corrected chi connectivity index (χ4v) is 0.385. The monoisotopic (exact) mass is 152 g/mol. The van der Waals surface area contributed by atoms with Gasteiger partial charge in [-0.1, -0.05) is 36.4 Å². The Morgan fingerprint density at radius 1 is 0.556 bits per heavy atom. The molecule has 0 atom stereocenters. The zero-order valence-electron chi connectivity index (χ0n) is 6.88. The molecule has 0 aromatic heterocycles. The summed E-state index contributed by atoms with van der Waals surface area (Å²) in [5.41, 5.74) is 0. The van der Waals surface area contributed by atoms with Gasteiger partial charge in [0.05, 0.1) is 0 Å². The molecule has 0 saturated heterocycles.